The number of aryl methyl sites for hydroxylation is 4. The number of nitrogens with one attached hydrogen (secondary N) is 2. The number of anilines is 2. The predicted octanol–water partition coefficient (Wildman–Crippen LogP) is 8.52. The average Bonchev–Trinajstić information content (AvgIpc) is 2.91. The van der Waals surface area contributed by atoms with Crippen LogP contribution >= 0.6 is 0 Å². The Kier molecular flexibility index (Phi) is 7.08. The number of rotatable bonds is 6. The van der Waals surface area contributed by atoms with E-state index in [0.29, 0.717) is 0 Å². The maximum Gasteiger partial charge on any atom is 0.151 e. The summed E-state index contributed by atoms with van der Waals surface area (Å²) in [6, 6.07) is 13.3. The Morgan fingerprint density at radius 1 is 0.531 bits per heavy atom. The molecule has 0 saturated heterocycles. The van der Waals surface area contributed by atoms with E-state index in [1.807, 2.05) is 0 Å². The Labute approximate surface area is 199 Å². The van der Waals surface area contributed by atoms with Gasteiger partial charge in [-0.2, -0.15) is 0 Å². The molecule has 0 bridgehead atoms. The topological polar surface area (TPSA) is 24.1 Å². The molecule has 3 rings (SSSR count). The van der Waals surface area contributed by atoms with Gasteiger partial charge in [0.25, 0.3) is 0 Å². The van der Waals surface area contributed by atoms with Crippen LogP contribution in [0.15, 0.2) is 36.4 Å². The Morgan fingerprint density at radius 3 is 1.09 bits per heavy atom. The summed E-state index contributed by atoms with van der Waals surface area (Å²) < 4.78 is 0. The molecule has 176 valence electrons. The first-order valence-electron chi connectivity index (χ1n) is 12.5. The van der Waals surface area contributed by atoms with Gasteiger partial charge in [-0.3, -0.25) is 0 Å². The molecule has 1 aliphatic rings. The van der Waals surface area contributed by atoms with Gasteiger partial charge in [-0.1, -0.05) is 83.4 Å². The standard InChI is InChI=1S/C28H46N2Si2/c1-18-14-12-15-19(2)25(18)29-31(8,9)27-22(5)23(6)28(24(27)7)32(10,11)30-26-20(3)16-13-17-21(26)4/h12-17,22-24,27-30H,1-11H3. The van der Waals surface area contributed by atoms with Crippen molar-refractivity contribution in [2.24, 2.45) is 17.8 Å². The third-order valence-electron chi connectivity index (χ3n) is 8.62. The van der Waals surface area contributed by atoms with Crippen molar-refractivity contribution in [3.8, 4) is 0 Å². The van der Waals surface area contributed by atoms with Crippen molar-refractivity contribution in [3.63, 3.8) is 0 Å². The van der Waals surface area contributed by atoms with Crippen LogP contribution in [-0.4, -0.2) is 16.5 Å². The van der Waals surface area contributed by atoms with Gasteiger partial charge in [0.05, 0.1) is 0 Å². The van der Waals surface area contributed by atoms with E-state index in [2.05, 4.69) is 121 Å². The normalized spacial score (nSPS) is 26.3. The van der Waals surface area contributed by atoms with Crippen LogP contribution in [0.3, 0.4) is 0 Å². The molecule has 0 aromatic heterocycles. The van der Waals surface area contributed by atoms with Crippen molar-refractivity contribution in [3.05, 3.63) is 58.7 Å². The molecule has 4 atom stereocenters. The fourth-order valence-corrected chi connectivity index (χ4v) is 16.2. The Balaban J connectivity index is 1.91. The van der Waals surface area contributed by atoms with E-state index >= 15 is 0 Å². The predicted molar refractivity (Wildman–Crippen MR) is 149 cm³/mol. The minimum absolute atomic E-state index is 0.719. The molecule has 1 saturated carbocycles. The van der Waals surface area contributed by atoms with Crippen molar-refractivity contribution >= 4 is 27.8 Å². The van der Waals surface area contributed by atoms with Crippen LogP contribution in [0.1, 0.15) is 43.0 Å². The first-order valence-corrected chi connectivity index (χ1v) is 18.6. The van der Waals surface area contributed by atoms with Crippen LogP contribution in [0.2, 0.25) is 37.3 Å². The van der Waals surface area contributed by atoms with Crippen molar-refractivity contribution in [1.29, 1.82) is 0 Å². The maximum absolute atomic E-state index is 4.15. The molecule has 32 heavy (non-hydrogen) atoms. The molecule has 4 heteroatoms. The third kappa shape index (κ3) is 4.58. The summed E-state index contributed by atoms with van der Waals surface area (Å²) >= 11 is 0. The van der Waals surface area contributed by atoms with Gasteiger partial charge in [0, 0.05) is 11.4 Å². The summed E-state index contributed by atoms with van der Waals surface area (Å²) in [6.07, 6.45) is 0. The summed E-state index contributed by atoms with van der Waals surface area (Å²) in [5.74, 6) is 2.19. The SMILES string of the molecule is Cc1cccc(C)c1N[Si](C)(C)C1C(C)C(C)C([Si](C)(C)Nc2c(C)cccc2C)C1C. The van der Waals surface area contributed by atoms with E-state index in [1.165, 1.54) is 33.6 Å². The Bertz CT molecular complexity index is 848. The van der Waals surface area contributed by atoms with Gasteiger partial charge in [0.15, 0.2) is 16.5 Å². The number of benzene rings is 2. The largest absolute Gasteiger partial charge is 0.410 e. The molecule has 2 N–H and O–H groups in total. The molecule has 0 radical (unpaired) electrons. The zero-order valence-electron chi connectivity index (χ0n) is 22.4. The second-order valence-electron chi connectivity index (χ2n) is 11.9. The third-order valence-corrected chi connectivity index (χ3v) is 15.8. The average molecular weight is 467 g/mol. The molecule has 0 amide bonds. The first-order chi connectivity index (χ1) is 14.8. The van der Waals surface area contributed by atoms with Crippen molar-refractivity contribution in [2.45, 2.75) is 85.7 Å². The lowest BCUT2D eigenvalue weighted by Gasteiger charge is -2.41. The van der Waals surface area contributed by atoms with Gasteiger partial charge in [-0.15, -0.1) is 0 Å². The molecule has 1 fully saturated rings. The van der Waals surface area contributed by atoms with Gasteiger partial charge in [-0.25, -0.2) is 0 Å². The fraction of sp³-hybridized carbons (Fsp3) is 0.571. The van der Waals surface area contributed by atoms with Crippen LogP contribution in [-0.2, 0) is 0 Å². The highest BCUT2D eigenvalue weighted by molar-refractivity contribution is 6.84. The summed E-state index contributed by atoms with van der Waals surface area (Å²) in [6.45, 7) is 26.9. The van der Waals surface area contributed by atoms with Crippen LogP contribution < -0.4 is 9.96 Å². The molecular formula is C28H46N2Si2. The first kappa shape index (κ1) is 25.1. The van der Waals surface area contributed by atoms with Crippen molar-refractivity contribution in [1.82, 2.24) is 0 Å². The van der Waals surface area contributed by atoms with E-state index in [-0.39, 0.29) is 0 Å². The zero-order valence-corrected chi connectivity index (χ0v) is 24.4. The Hall–Kier alpha value is -1.53. The summed E-state index contributed by atoms with van der Waals surface area (Å²) in [5.41, 5.74) is 9.77. The second-order valence-corrected chi connectivity index (χ2v) is 20.6. The molecule has 2 aromatic carbocycles. The highest BCUT2D eigenvalue weighted by Gasteiger charge is 2.56. The second kappa shape index (κ2) is 9.02. The molecule has 1 aliphatic carbocycles. The van der Waals surface area contributed by atoms with Gasteiger partial charge in [0.1, 0.15) is 0 Å². The molecule has 4 unspecified atom stereocenters. The van der Waals surface area contributed by atoms with Gasteiger partial charge >= 0.3 is 0 Å². The lowest BCUT2D eigenvalue weighted by Crippen LogP contribution is -2.48. The minimum atomic E-state index is -1.73. The minimum Gasteiger partial charge on any atom is -0.410 e. The van der Waals surface area contributed by atoms with Crippen molar-refractivity contribution in [2.75, 3.05) is 9.96 Å². The van der Waals surface area contributed by atoms with Crippen LogP contribution in [0.4, 0.5) is 11.4 Å². The maximum atomic E-state index is 4.15. The van der Waals surface area contributed by atoms with E-state index in [1.54, 1.807) is 0 Å². The number of hydrogen-bond acceptors (Lipinski definition) is 2. The van der Waals surface area contributed by atoms with E-state index < -0.39 is 16.5 Å². The molecule has 2 nitrogen and oxygen atoms in total. The van der Waals surface area contributed by atoms with Crippen LogP contribution in [0.25, 0.3) is 0 Å². The van der Waals surface area contributed by atoms with Crippen LogP contribution in [0, 0.1) is 45.4 Å². The molecular weight excluding hydrogens is 420 g/mol. The van der Waals surface area contributed by atoms with E-state index in [4.69, 9.17) is 0 Å². The smallest absolute Gasteiger partial charge is 0.151 e. The fourth-order valence-electron chi connectivity index (χ4n) is 7.30. The van der Waals surface area contributed by atoms with Gasteiger partial charge < -0.3 is 9.96 Å². The lowest BCUT2D eigenvalue weighted by atomic mass is 10.0. The molecule has 0 aliphatic heterocycles. The van der Waals surface area contributed by atoms with Crippen molar-refractivity contribution < 1.29 is 0 Å². The van der Waals surface area contributed by atoms with Gasteiger partial charge in [0.2, 0.25) is 0 Å². The molecule has 2 aromatic rings. The Morgan fingerprint density at radius 2 is 0.812 bits per heavy atom. The highest BCUT2D eigenvalue weighted by Crippen LogP contribution is 2.59. The monoisotopic (exact) mass is 466 g/mol. The zero-order chi connectivity index (χ0) is 24.0. The summed E-state index contributed by atoms with van der Waals surface area (Å²) in [5, 5.41) is 0. The summed E-state index contributed by atoms with van der Waals surface area (Å²) in [7, 11) is -3.46. The number of hydrogen-bond donors (Lipinski definition) is 2. The van der Waals surface area contributed by atoms with E-state index in [0.717, 1.165) is 28.8 Å². The van der Waals surface area contributed by atoms with E-state index in [9.17, 15) is 0 Å². The van der Waals surface area contributed by atoms with Gasteiger partial charge in [-0.05, 0) is 78.8 Å². The van der Waals surface area contributed by atoms with Crippen LogP contribution in [0.5, 0.6) is 0 Å². The quantitative estimate of drug-likeness (QED) is 0.417. The number of para-hydroxylation sites is 2. The highest BCUT2D eigenvalue weighted by atomic mass is 28.3. The molecule has 0 heterocycles. The summed E-state index contributed by atoms with van der Waals surface area (Å²) in [4.78, 5) is 8.30. The lowest BCUT2D eigenvalue weighted by molar-refractivity contribution is 0.447. The molecule has 0 spiro atoms.